The van der Waals surface area contributed by atoms with E-state index in [2.05, 4.69) is 70.3 Å². The maximum absolute atomic E-state index is 14.6. The molecular formula is C108H120F6N20O10. The summed E-state index contributed by atoms with van der Waals surface area (Å²) in [5, 5.41) is 5.97. The third kappa shape index (κ3) is 22.4. The fourth-order valence-corrected chi connectivity index (χ4v) is 19.6. The summed E-state index contributed by atoms with van der Waals surface area (Å²) in [5.41, 5.74) is 15.3. The van der Waals surface area contributed by atoms with E-state index in [1.807, 2.05) is 131 Å². The second-order valence-electron chi connectivity index (χ2n) is 37.1. The van der Waals surface area contributed by atoms with Gasteiger partial charge < -0.3 is 63.4 Å². The summed E-state index contributed by atoms with van der Waals surface area (Å²) in [6, 6.07) is 47.2. The maximum Gasteiger partial charge on any atom is 0.416 e. The van der Waals surface area contributed by atoms with Crippen molar-refractivity contribution >= 4 is 104 Å². The van der Waals surface area contributed by atoms with Gasteiger partial charge >= 0.3 is 30.4 Å². The lowest BCUT2D eigenvalue weighted by Crippen LogP contribution is -2.46. The zero-order chi connectivity index (χ0) is 102. The molecule has 7 aliphatic rings. The third-order valence-electron chi connectivity index (χ3n) is 27.1. The lowest BCUT2D eigenvalue weighted by atomic mass is 10.0. The first-order valence-corrected chi connectivity index (χ1v) is 48.1. The number of nitrogens with one attached hydrogen (secondary N) is 2. The number of morpholine rings is 1. The van der Waals surface area contributed by atoms with Crippen LogP contribution in [0.4, 0.5) is 127 Å². The molecule has 3 aromatic heterocycles. The number of alkyl halides is 6. The molecule has 9 aromatic carbocycles. The number of aryl methyl sites for hydroxylation is 6. The van der Waals surface area contributed by atoms with E-state index in [1.54, 1.807) is 95.9 Å². The van der Waals surface area contributed by atoms with Crippen LogP contribution >= 0.6 is 0 Å². The quantitative estimate of drug-likeness (QED) is 0.0533. The van der Waals surface area contributed by atoms with E-state index >= 15 is 0 Å². The average Bonchev–Trinajstić information content (AvgIpc) is 0.750. The van der Waals surface area contributed by atoms with Crippen LogP contribution in [0.25, 0.3) is 0 Å². The van der Waals surface area contributed by atoms with Crippen LogP contribution in [0.5, 0.6) is 34.5 Å². The van der Waals surface area contributed by atoms with Gasteiger partial charge in [-0.1, -0.05) is 54.6 Å². The van der Waals surface area contributed by atoms with Gasteiger partial charge in [0.05, 0.1) is 121 Å². The standard InChI is InChI=1S/C39H47N7O3.C35H38F3N7O3.C34H35F3N6O4/c1-27-10-9-11-28(2)37(27)45-26-30-25-40-36(41-38(30)46(39(45)47)34-13-12-33(48-4)24-35(34)49-5)22-29-20-31(43-14-7-6-8-15-43)23-32(21-29)44-18-16-42(3)17-19-44;1-22-7-6-8-23(2)31(22)44-21-25-19-39-33(41-32(25)45(34(44)46)29-10-9-28(47-4)18-30(29)48-5)40-27-16-24(15-26(17-27)35(36,37)38)20-43-13-11-42(3)12-14-43;1-21-6-5-7-22(2)30(21)42-20-24-18-38-32(40-31(24)43(33(42)44)28-9-8-27(45-3)17-29(28)46-4)39-26-15-23(14-25(16-26)34(35,36)37)19-41-10-12-47-13-11-41/h9-13,20-21,23-25H,6-8,14-19,22,26H2,1-5H3;6-10,15-19H,11-14,20-21H2,1-5H3,(H,39,40,41);5-9,14-18H,10-13,19-20H2,1-4H3,(H,38,39,40). The number of amides is 6. The number of piperazine rings is 2. The van der Waals surface area contributed by atoms with E-state index in [0.29, 0.717) is 138 Å². The Morgan fingerprint density at radius 3 is 1.09 bits per heavy atom. The van der Waals surface area contributed by atoms with Gasteiger partial charge in [-0.2, -0.15) is 36.3 Å². The van der Waals surface area contributed by atoms with Gasteiger partial charge in [-0.05, 0) is 216 Å². The second kappa shape index (κ2) is 43.7. The monoisotopic (exact) mass is 1970 g/mol. The summed E-state index contributed by atoms with van der Waals surface area (Å²) in [6.07, 6.45) is 0.263. The number of likely N-dealkylation sites (N-methyl/N-ethyl adjacent to an activating group) is 2. The van der Waals surface area contributed by atoms with Crippen molar-refractivity contribution in [3.63, 3.8) is 0 Å². The number of piperidine rings is 1. The molecule has 144 heavy (non-hydrogen) atoms. The van der Waals surface area contributed by atoms with Crippen LogP contribution in [0.3, 0.4) is 0 Å². The van der Waals surface area contributed by atoms with Gasteiger partial charge in [-0.25, -0.2) is 49.0 Å². The van der Waals surface area contributed by atoms with E-state index in [0.717, 1.165) is 140 Å². The van der Waals surface area contributed by atoms with Crippen LogP contribution < -0.4 is 78.3 Å². The molecule has 36 heteroatoms. The fraction of sp³-hybridized carbons (Fsp3) is 0.361. The van der Waals surface area contributed by atoms with Gasteiger partial charge in [0, 0.05) is 174 Å². The van der Waals surface area contributed by atoms with Crippen molar-refractivity contribution in [1.29, 1.82) is 0 Å². The summed E-state index contributed by atoms with van der Waals surface area (Å²) in [7, 11) is 13.5. The minimum atomic E-state index is -4.56. The Balaban J connectivity index is 0.000000148. The molecule has 0 spiro atoms. The number of ether oxygens (including phenoxy) is 7. The molecule has 0 aliphatic carbocycles. The van der Waals surface area contributed by atoms with Crippen molar-refractivity contribution in [1.82, 2.24) is 49.5 Å². The van der Waals surface area contributed by atoms with Crippen molar-refractivity contribution in [2.24, 2.45) is 0 Å². The van der Waals surface area contributed by atoms with Crippen molar-refractivity contribution < 1.29 is 73.9 Å². The number of carbonyl (C=O) groups is 3. The SMILES string of the molecule is COc1ccc(N2C(=O)N(c3c(C)cccc3C)Cc3cnc(Cc4cc(N5CCCCC5)cc(N5CCN(C)CC5)c4)nc32)c(OC)c1.COc1ccc(N2C(=O)N(c3c(C)cccc3C)Cc3cnc(Nc4cc(CN5CCN(C)CC5)cc(C(F)(F)F)c4)nc32)c(OC)c1.COc1ccc(N2C(=O)N(c3c(C)cccc3C)Cc3cnc(Nc4cc(CN5CCOCC5)cc(C(F)(F)F)c4)nc32)c(OC)c1. The summed E-state index contributed by atoms with van der Waals surface area (Å²) < 4.78 is 123. The molecule has 0 radical (unpaired) electrons. The summed E-state index contributed by atoms with van der Waals surface area (Å²) in [4.78, 5) is 95.5. The Bertz CT molecular complexity index is 6650. The van der Waals surface area contributed by atoms with Gasteiger partial charge in [0.15, 0.2) is 11.6 Å². The number of methoxy groups -OCH3 is 6. The van der Waals surface area contributed by atoms with Gasteiger partial charge in [0.25, 0.3) is 0 Å². The average molecular weight is 1970 g/mol. The zero-order valence-electron chi connectivity index (χ0n) is 83.5. The maximum atomic E-state index is 14.6. The molecule has 30 nitrogen and oxygen atoms in total. The first-order valence-electron chi connectivity index (χ1n) is 48.1. The molecule has 2 N–H and O–H groups in total. The van der Waals surface area contributed by atoms with Crippen LogP contribution in [0.15, 0.2) is 182 Å². The van der Waals surface area contributed by atoms with Crippen molar-refractivity contribution in [2.45, 2.75) is 112 Å². The molecule has 0 atom stereocenters. The number of carbonyl (C=O) groups excluding carboxylic acids is 3. The van der Waals surface area contributed by atoms with Gasteiger partial charge in [-0.3, -0.25) is 24.5 Å². The van der Waals surface area contributed by atoms with Gasteiger partial charge in [0.1, 0.15) is 46.1 Å². The Labute approximate surface area is 834 Å². The predicted molar refractivity (Wildman–Crippen MR) is 547 cm³/mol. The molecule has 754 valence electrons. The van der Waals surface area contributed by atoms with Gasteiger partial charge in [-0.15, -0.1) is 0 Å². The molecule has 7 aliphatic heterocycles. The highest BCUT2D eigenvalue weighted by atomic mass is 19.4. The first-order chi connectivity index (χ1) is 69.3. The molecular weight excluding hydrogens is 1850 g/mol. The second-order valence-corrected chi connectivity index (χ2v) is 37.1. The largest absolute Gasteiger partial charge is 0.497 e. The molecule has 6 amide bonds. The molecule has 4 fully saturated rings. The number of anilines is 15. The highest BCUT2D eigenvalue weighted by molar-refractivity contribution is 6.14. The number of hydrogen-bond donors (Lipinski definition) is 2. The number of halogens is 6. The number of rotatable bonds is 24. The summed E-state index contributed by atoms with van der Waals surface area (Å²) in [5.74, 6) is 4.86. The lowest BCUT2D eigenvalue weighted by molar-refractivity contribution is -0.138. The van der Waals surface area contributed by atoms with Crippen LogP contribution in [0, 0.1) is 41.5 Å². The Hall–Kier alpha value is -14.6. The molecule has 19 rings (SSSR count). The van der Waals surface area contributed by atoms with E-state index in [4.69, 9.17) is 53.1 Å². The van der Waals surface area contributed by atoms with Crippen LogP contribution in [0.1, 0.15) is 103 Å². The van der Waals surface area contributed by atoms with E-state index in [-0.39, 0.29) is 66.1 Å². The summed E-state index contributed by atoms with van der Waals surface area (Å²) >= 11 is 0. The number of benzene rings is 9. The smallest absolute Gasteiger partial charge is 0.416 e. The Kier molecular flexibility index (Phi) is 30.6. The number of fused-ring (bicyclic) bond motifs is 3. The van der Waals surface area contributed by atoms with E-state index < -0.39 is 23.5 Å². The highest BCUT2D eigenvalue weighted by Crippen LogP contribution is 2.49. The Morgan fingerprint density at radius 2 is 0.722 bits per heavy atom. The third-order valence-corrected chi connectivity index (χ3v) is 27.1. The number of aromatic nitrogens is 6. The highest BCUT2D eigenvalue weighted by Gasteiger charge is 2.43. The predicted octanol–water partition coefficient (Wildman–Crippen LogP) is 20.6. The molecule has 12 aromatic rings. The van der Waals surface area contributed by atoms with Crippen LogP contribution in [-0.4, -0.2) is 216 Å². The lowest BCUT2D eigenvalue weighted by Gasteiger charge is -2.38. The summed E-state index contributed by atoms with van der Waals surface area (Å²) in [6.45, 7) is 25.1. The molecule has 4 saturated heterocycles. The number of hydrogen-bond acceptors (Lipinski definition) is 24. The van der Waals surface area contributed by atoms with Gasteiger partial charge in [0.2, 0.25) is 11.9 Å². The van der Waals surface area contributed by atoms with Crippen LogP contribution in [0.2, 0.25) is 0 Å². The normalized spacial score (nSPS) is 16.1. The fourth-order valence-electron chi connectivity index (χ4n) is 19.6. The molecule has 0 saturated carbocycles. The zero-order valence-corrected chi connectivity index (χ0v) is 83.5. The minimum Gasteiger partial charge on any atom is -0.497 e. The van der Waals surface area contributed by atoms with Crippen molar-refractivity contribution in [3.05, 3.63) is 266 Å². The number of urea groups is 3. The van der Waals surface area contributed by atoms with E-state index in [9.17, 15) is 40.7 Å². The van der Waals surface area contributed by atoms with Crippen molar-refractivity contribution in [2.75, 3.05) is 198 Å². The molecule has 0 unspecified atom stereocenters. The Morgan fingerprint density at radius 1 is 0.368 bits per heavy atom. The number of para-hydroxylation sites is 3. The van der Waals surface area contributed by atoms with E-state index in [1.165, 1.54) is 80.5 Å². The molecule has 10 heterocycles. The number of nitrogens with zero attached hydrogens (tertiary/aromatic N) is 18. The molecule has 0 bridgehead atoms. The van der Waals surface area contributed by atoms with Crippen LogP contribution in [-0.2, 0) is 56.2 Å². The minimum absolute atomic E-state index is 0.0335. The topological polar surface area (TPSA) is 256 Å². The first kappa shape index (κ1) is 101. The van der Waals surface area contributed by atoms with Crippen molar-refractivity contribution in [3.8, 4) is 34.5 Å².